The van der Waals surface area contributed by atoms with Crippen LogP contribution in [-0.2, 0) is 11.3 Å². The molecule has 2 aromatic heterocycles. The van der Waals surface area contributed by atoms with Gasteiger partial charge in [-0.2, -0.15) is 13.2 Å². The molecule has 1 N–H and O–H groups in total. The maximum atomic E-state index is 12.8. The molecule has 4 heterocycles. The second-order valence-corrected chi connectivity index (χ2v) is 7.75. The number of aromatic nitrogens is 2. The van der Waals surface area contributed by atoms with Crippen LogP contribution in [0.3, 0.4) is 0 Å². The van der Waals surface area contributed by atoms with E-state index in [1.54, 1.807) is 12.4 Å². The molecule has 0 spiro atoms. The molecule has 0 aromatic carbocycles. The van der Waals surface area contributed by atoms with Crippen LogP contribution in [0.15, 0.2) is 29.0 Å². The van der Waals surface area contributed by atoms with Crippen LogP contribution in [-0.4, -0.2) is 68.8 Å². The van der Waals surface area contributed by atoms with Crippen molar-refractivity contribution in [2.24, 2.45) is 5.92 Å². The van der Waals surface area contributed by atoms with E-state index in [0.29, 0.717) is 11.5 Å². The van der Waals surface area contributed by atoms with Gasteiger partial charge in [-0.1, -0.05) is 5.16 Å². The van der Waals surface area contributed by atoms with Crippen molar-refractivity contribution in [3.05, 3.63) is 47.1 Å². The van der Waals surface area contributed by atoms with Gasteiger partial charge in [0.2, 0.25) is 0 Å². The molecule has 2 aromatic rings. The average molecular weight is 440 g/mol. The molecule has 0 aliphatic carbocycles. The van der Waals surface area contributed by atoms with Crippen LogP contribution in [0.4, 0.5) is 13.2 Å². The van der Waals surface area contributed by atoms with Crippen molar-refractivity contribution < 1.29 is 32.4 Å². The number of likely N-dealkylation sites (tertiary alicyclic amines) is 2. The number of aliphatic carboxylic acids is 1. The van der Waals surface area contributed by atoms with E-state index in [2.05, 4.69) is 15.0 Å². The molecule has 2 fully saturated rings. The fourth-order valence-corrected chi connectivity index (χ4v) is 4.04. The summed E-state index contributed by atoms with van der Waals surface area (Å²) in [5, 5.41) is 11.2. The number of aryl methyl sites for hydroxylation is 2. The van der Waals surface area contributed by atoms with Crippen molar-refractivity contribution in [2.45, 2.75) is 39.0 Å². The standard InChI is InChI=1S/C18H22N4O2.C2HF3O2/c1-12-17(13(2)24-20-12)11-21-8-14-6-16(10-21)22(9-14)18(23)15-4-3-5-19-7-15;3-2(4,5)1(6)7/h3-5,7,14,16H,6,8-11H2,1-2H3;(H,6,7). The number of pyridine rings is 1. The maximum absolute atomic E-state index is 12.8. The van der Waals surface area contributed by atoms with E-state index >= 15 is 0 Å². The number of carboxylic acids is 1. The summed E-state index contributed by atoms with van der Waals surface area (Å²) >= 11 is 0. The van der Waals surface area contributed by atoms with Crippen molar-refractivity contribution in [3.63, 3.8) is 0 Å². The second kappa shape index (κ2) is 9.04. The molecule has 11 heteroatoms. The third-order valence-corrected chi connectivity index (χ3v) is 5.46. The maximum Gasteiger partial charge on any atom is 0.490 e. The molecule has 2 aliphatic rings. The molecule has 0 radical (unpaired) electrons. The molecule has 31 heavy (non-hydrogen) atoms. The summed E-state index contributed by atoms with van der Waals surface area (Å²) in [6, 6.07) is 3.95. The minimum absolute atomic E-state index is 0.106. The van der Waals surface area contributed by atoms with Gasteiger partial charge in [-0.15, -0.1) is 0 Å². The second-order valence-electron chi connectivity index (χ2n) is 7.75. The minimum atomic E-state index is -5.08. The van der Waals surface area contributed by atoms with Crippen LogP contribution in [0.2, 0.25) is 0 Å². The number of hydrogen-bond donors (Lipinski definition) is 1. The number of carbonyl (C=O) groups is 2. The molecule has 4 rings (SSSR count). The van der Waals surface area contributed by atoms with Crippen LogP contribution in [0.1, 0.15) is 33.8 Å². The van der Waals surface area contributed by atoms with E-state index in [0.717, 1.165) is 44.1 Å². The van der Waals surface area contributed by atoms with Gasteiger partial charge in [0, 0.05) is 50.2 Å². The highest BCUT2D eigenvalue weighted by molar-refractivity contribution is 5.94. The number of fused-ring (bicyclic) bond motifs is 2. The Morgan fingerprint density at radius 2 is 1.97 bits per heavy atom. The normalized spacial score (nSPS) is 20.9. The SMILES string of the molecule is Cc1noc(C)c1CN1CC2CC(C1)N(C(=O)c1cccnc1)C2.O=C(O)C(F)(F)F. The molecule has 8 nitrogen and oxygen atoms in total. The lowest BCUT2D eigenvalue weighted by Gasteiger charge is -2.32. The number of nitrogens with zero attached hydrogens (tertiary/aromatic N) is 4. The number of carboxylic acid groups (broad SMARTS) is 1. The van der Waals surface area contributed by atoms with E-state index in [9.17, 15) is 18.0 Å². The summed E-state index contributed by atoms with van der Waals surface area (Å²) in [5.74, 6) is -1.21. The van der Waals surface area contributed by atoms with Crippen LogP contribution in [0.5, 0.6) is 0 Å². The monoisotopic (exact) mass is 440 g/mol. The van der Waals surface area contributed by atoms with Gasteiger partial charge in [-0.3, -0.25) is 14.7 Å². The van der Waals surface area contributed by atoms with Gasteiger partial charge in [0.05, 0.1) is 11.3 Å². The van der Waals surface area contributed by atoms with Crippen molar-refractivity contribution in [1.82, 2.24) is 19.9 Å². The molecule has 2 unspecified atom stereocenters. The zero-order valence-electron chi connectivity index (χ0n) is 17.1. The molecule has 2 saturated heterocycles. The van der Waals surface area contributed by atoms with Crippen molar-refractivity contribution >= 4 is 11.9 Å². The van der Waals surface area contributed by atoms with Gasteiger partial charge >= 0.3 is 12.1 Å². The van der Waals surface area contributed by atoms with Gasteiger partial charge in [-0.25, -0.2) is 4.79 Å². The number of alkyl halides is 3. The summed E-state index contributed by atoms with van der Waals surface area (Å²) in [6.45, 7) is 7.58. The summed E-state index contributed by atoms with van der Waals surface area (Å²) in [6.07, 6.45) is -0.624. The highest BCUT2D eigenvalue weighted by Gasteiger charge is 2.41. The first-order chi connectivity index (χ1) is 14.6. The number of amides is 1. The fourth-order valence-electron chi connectivity index (χ4n) is 4.04. The topological polar surface area (TPSA) is 99.8 Å². The Hall–Kier alpha value is -2.95. The lowest BCUT2D eigenvalue weighted by atomic mass is 9.99. The number of halogens is 3. The Morgan fingerprint density at radius 3 is 2.52 bits per heavy atom. The van der Waals surface area contributed by atoms with Gasteiger partial charge in [0.25, 0.3) is 5.91 Å². The lowest BCUT2D eigenvalue weighted by Crippen LogP contribution is -2.43. The summed E-state index contributed by atoms with van der Waals surface area (Å²) in [5.41, 5.74) is 2.83. The zero-order chi connectivity index (χ0) is 22.8. The molecule has 168 valence electrons. The molecule has 1 amide bonds. The molecular weight excluding hydrogens is 417 g/mol. The molecule has 2 aliphatic heterocycles. The van der Waals surface area contributed by atoms with Crippen molar-refractivity contribution in [1.29, 1.82) is 0 Å². The highest BCUT2D eigenvalue weighted by Crippen LogP contribution is 2.32. The Labute approximate surface area is 176 Å². The van der Waals surface area contributed by atoms with E-state index in [1.807, 2.05) is 30.9 Å². The predicted octanol–water partition coefficient (Wildman–Crippen LogP) is 2.67. The van der Waals surface area contributed by atoms with E-state index in [4.69, 9.17) is 14.4 Å². The molecule has 0 saturated carbocycles. The van der Waals surface area contributed by atoms with E-state index < -0.39 is 12.1 Å². The first kappa shape index (κ1) is 22.7. The van der Waals surface area contributed by atoms with Crippen LogP contribution in [0.25, 0.3) is 0 Å². The number of carbonyl (C=O) groups excluding carboxylic acids is 1. The Kier molecular flexibility index (Phi) is 6.63. The summed E-state index contributed by atoms with van der Waals surface area (Å²) in [4.78, 5) is 30.2. The van der Waals surface area contributed by atoms with E-state index in [-0.39, 0.29) is 11.9 Å². The smallest absolute Gasteiger partial charge is 0.475 e. The highest BCUT2D eigenvalue weighted by atomic mass is 19.4. The number of hydrogen-bond acceptors (Lipinski definition) is 6. The lowest BCUT2D eigenvalue weighted by molar-refractivity contribution is -0.192. The van der Waals surface area contributed by atoms with Gasteiger partial charge < -0.3 is 14.5 Å². The van der Waals surface area contributed by atoms with E-state index in [1.165, 1.54) is 5.56 Å². The number of rotatable bonds is 3. The predicted molar refractivity (Wildman–Crippen MR) is 102 cm³/mol. The minimum Gasteiger partial charge on any atom is -0.475 e. The van der Waals surface area contributed by atoms with Gasteiger partial charge in [0.1, 0.15) is 5.76 Å². The zero-order valence-corrected chi connectivity index (χ0v) is 17.1. The van der Waals surface area contributed by atoms with Crippen molar-refractivity contribution in [2.75, 3.05) is 19.6 Å². The largest absolute Gasteiger partial charge is 0.490 e. The Balaban J connectivity index is 0.000000339. The fraction of sp³-hybridized carbons (Fsp3) is 0.500. The Bertz CT molecular complexity index is 913. The molecule has 2 atom stereocenters. The van der Waals surface area contributed by atoms with Crippen LogP contribution in [0, 0.1) is 19.8 Å². The first-order valence-electron chi connectivity index (χ1n) is 9.71. The van der Waals surface area contributed by atoms with Crippen LogP contribution >= 0.6 is 0 Å². The third-order valence-electron chi connectivity index (χ3n) is 5.46. The summed E-state index contributed by atoms with van der Waals surface area (Å²) in [7, 11) is 0. The van der Waals surface area contributed by atoms with Gasteiger partial charge in [0.15, 0.2) is 0 Å². The van der Waals surface area contributed by atoms with Crippen LogP contribution < -0.4 is 0 Å². The van der Waals surface area contributed by atoms with Crippen molar-refractivity contribution in [3.8, 4) is 0 Å². The Morgan fingerprint density at radius 1 is 1.26 bits per heavy atom. The molecular formula is C20H23F3N4O4. The summed E-state index contributed by atoms with van der Waals surface area (Å²) < 4.78 is 37.0. The van der Waals surface area contributed by atoms with Gasteiger partial charge in [-0.05, 0) is 38.3 Å². The quantitative estimate of drug-likeness (QED) is 0.783. The number of piperidine rings is 1. The third kappa shape index (κ3) is 5.40. The average Bonchev–Trinajstić information content (AvgIpc) is 3.20. The first-order valence-corrected chi connectivity index (χ1v) is 9.71. The molecule has 2 bridgehead atoms.